The second kappa shape index (κ2) is 5.78. The minimum Gasteiger partial charge on any atom is -0.216 e. The topological polar surface area (TPSA) is 25.8 Å². The molecule has 5 heteroatoms. The lowest BCUT2D eigenvalue weighted by atomic mass is 10.1. The van der Waals surface area contributed by atoms with Gasteiger partial charge in [-0.25, -0.2) is 9.97 Å². The third-order valence-electron chi connectivity index (χ3n) is 2.87. The molecule has 0 aliphatic heterocycles. The molecule has 1 aromatic heterocycles. The van der Waals surface area contributed by atoms with E-state index in [9.17, 15) is 0 Å². The molecule has 0 aliphatic carbocycles. The highest BCUT2D eigenvalue weighted by molar-refractivity contribution is 9.10. The molecular weight excluding hydrogens is 347 g/mol. The zero-order valence-electron chi connectivity index (χ0n) is 10.8. The zero-order chi connectivity index (χ0) is 14.2. The van der Waals surface area contributed by atoms with Gasteiger partial charge in [-0.15, -0.1) is 0 Å². The van der Waals surface area contributed by atoms with E-state index in [0.29, 0.717) is 16.1 Å². The number of hydrogen-bond donors (Lipinski definition) is 0. The van der Waals surface area contributed by atoms with Gasteiger partial charge < -0.3 is 0 Å². The van der Waals surface area contributed by atoms with Gasteiger partial charge in [0, 0.05) is 15.6 Å². The SMILES string of the molecule is Cc1ccc(Br)cc1-c1nc(Cl)c(C(C)C)c(Cl)n1. The van der Waals surface area contributed by atoms with Gasteiger partial charge in [-0.05, 0) is 30.5 Å². The molecule has 0 amide bonds. The molecule has 1 aromatic carbocycles. The van der Waals surface area contributed by atoms with Crippen LogP contribution in [-0.4, -0.2) is 9.97 Å². The lowest BCUT2D eigenvalue weighted by molar-refractivity contribution is 0.848. The average Bonchev–Trinajstić information content (AvgIpc) is 2.30. The minimum absolute atomic E-state index is 0.192. The standard InChI is InChI=1S/C14H13BrCl2N2/c1-7(2)11-12(16)18-14(19-13(11)17)10-6-9(15)5-4-8(10)3/h4-7H,1-3H3. The Morgan fingerprint density at radius 3 is 2.21 bits per heavy atom. The van der Waals surface area contributed by atoms with Gasteiger partial charge in [-0.2, -0.15) is 0 Å². The summed E-state index contributed by atoms with van der Waals surface area (Å²) in [5.41, 5.74) is 2.79. The maximum atomic E-state index is 6.22. The Balaban J connectivity index is 2.62. The van der Waals surface area contributed by atoms with Gasteiger partial charge in [0.05, 0.1) is 0 Å². The number of benzene rings is 1. The predicted molar refractivity (Wildman–Crippen MR) is 84.0 cm³/mol. The van der Waals surface area contributed by atoms with Crippen LogP contribution in [0.25, 0.3) is 11.4 Å². The van der Waals surface area contributed by atoms with E-state index in [1.54, 1.807) is 0 Å². The first-order valence-electron chi connectivity index (χ1n) is 5.89. The molecule has 0 aliphatic rings. The first-order valence-corrected chi connectivity index (χ1v) is 7.44. The fraction of sp³-hybridized carbons (Fsp3) is 0.286. The third kappa shape index (κ3) is 3.10. The van der Waals surface area contributed by atoms with Crippen LogP contribution >= 0.6 is 39.1 Å². The fourth-order valence-electron chi connectivity index (χ4n) is 1.85. The Morgan fingerprint density at radius 1 is 1.11 bits per heavy atom. The summed E-state index contributed by atoms with van der Waals surface area (Å²) in [7, 11) is 0. The molecule has 0 bridgehead atoms. The number of hydrogen-bond acceptors (Lipinski definition) is 2. The van der Waals surface area contributed by atoms with Crippen LogP contribution < -0.4 is 0 Å². The number of rotatable bonds is 2. The van der Waals surface area contributed by atoms with E-state index in [2.05, 4.69) is 25.9 Å². The van der Waals surface area contributed by atoms with Crippen LogP contribution in [0.5, 0.6) is 0 Å². The molecule has 1 heterocycles. The summed E-state index contributed by atoms with van der Waals surface area (Å²) in [5, 5.41) is 0.841. The van der Waals surface area contributed by atoms with Gasteiger partial charge in [-0.3, -0.25) is 0 Å². The summed E-state index contributed by atoms with van der Waals surface area (Å²) in [6.45, 7) is 6.03. The Hall–Kier alpha value is -0.640. The fourth-order valence-corrected chi connectivity index (χ4v) is 3.03. The maximum absolute atomic E-state index is 6.22. The smallest absolute Gasteiger partial charge is 0.162 e. The molecule has 0 saturated heterocycles. The average molecular weight is 360 g/mol. The molecule has 0 saturated carbocycles. The van der Waals surface area contributed by atoms with Crippen molar-refractivity contribution in [1.82, 2.24) is 9.97 Å². The summed E-state index contributed by atoms with van der Waals surface area (Å²) in [6, 6.07) is 5.94. The van der Waals surface area contributed by atoms with E-state index >= 15 is 0 Å². The molecule has 19 heavy (non-hydrogen) atoms. The normalized spacial score (nSPS) is 11.1. The first-order chi connectivity index (χ1) is 8.90. The van der Waals surface area contributed by atoms with Crippen molar-refractivity contribution in [3.05, 3.63) is 44.1 Å². The summed E-state index contributed by atoms with van der Waals surface area (Å²) in [6.07, 6.45) is 0. The van der Waals surface area contributed by atoms with Gasteiger partial charge in [0.1, 0.15) is 10.3 Å². The second-order valence-corrected chi connectivity index (χ2v) is 6.29. The molecule has 100 valence electrons. The maximum Gasteiger partial charge on any atom is 0.162 e. The lowest BCUT2D eigenvalue weighted by Crippen LogP contribution is -2.00. The summed E-state index contributed by atoms with van der Waals surface area (Å²) >= 11 is 15.9. The molecule has 0 spiro atoms. The van der Waals surface area contributed by atoms with E-state index in [4.69, 9.17) is 23.2 Å². The van der Waals surface area contributed by atoms with Crippen molar-refractivity contribution in [3.8, 4) is 11.4 Å². The van der Waals surface area contributed by atoms with E-state index in [1.807, 2.05) is 39.0 Å². The lowest BCUT2D eigenvalue weighted by Gasteiger charge is -2.12. The third-order valence-corrected chi connectivity index (χ3v) is 3.94. The molecule has 0 radical (unpaired) electrons. The molecule has 0 fully saturated rings. The Kier molecular flexibility index (Phi) is 4.49. The van der Waals surface area contributed by atoms with Crippen molar-refractivity contribution in [1.29, 1.82) is 0 Å². The van der Waals surface area contributed by atoms with Gasteiger partial charge in [0.2, 0.25) is 0 Å². The highest BCUT2D eigenvalue weighted by Crippen LogP contribution is 2.32. The van der Waals surface area contributed by atoms with Crippen LogP contribution in [0, 0.1) is 6.92 Å². The van der Waals surface area contributed by atoms with Gasteiger partial charge in [-0.1, -0.05) is 59.0 Å². The zero-order valence-corrected chi connectivity index (χ0v) is 13.9. The molecule has 2 nitrogen and oxygen atoms in total. The highest BCUT2D eigenvalue weighted by Gasteiger charge is 2.16. The van der Waals surface area contributed by atoms with Gasteiger partial charge in [0.15, 0.2) is 5.82 Å². The van der Waals surface area contributed by atoms with Crippen molar-refractivity contribution >= 4 is 39.1 Å². The quantitative estimate of drug-likeness (QED) is 0.648. The van der Waals surface area contributed by atoms with Crippen molar-refractivity contribution < 1.29 is 0 Å². The van der Waals surface area contributed by atoms with Crippen LogP contribution in [0.2, 0.25) is 10.3 Å². The predicted octanol–water partition coefficient (Wildman–Crippen LogP) is 5.64. The summed E-state index contributed by atoms with van der Waals surface area (Å²) in [4.78, 5) is 8.75. The number of aromatic nitrogens is 2. The summed E-state index contributed by atoms with van der Waals surface area (Å²) in [5.74, 6) is 0.746. The minimum atomic E-state index is 0.192. The van der Waals surface area contributed by atoms with E-state index in [1.165, 1.54) is 0 Å². The van der Waals surface area contributed by atoms with Crippen LogP contribution in [-0.2, 0) is 0 Å². The van der Waals surface area contributed by atoms with Crippen LogP contribution in [0.4, 0.5) is 0 Å². The number of nitrogens with zero attached hydrogens (tertiary/aromatic N) is 2. The van der Waals surface area contributed by atoms with Crippen LogP contribution in [0.15, 0.2) is 22.7 Å². The Labute approximate surface area is 131 Å². The number of halogens is 3. The second-order valence-electron chi connectivity index (χ2n) is 4.66. The van der Waals surface area contributed by atoms with Gasteiger partial charge in [0.25, 0.3) is 0 Å². The number of aryl methyl sites for hydroxylation is 1. The van der Waals surface area contributed by atoms with Crippen LogP contribution in [0.3, 0.4) is 0 Å². The first kappa shape index (κ1) is 14.8. The molecular formula is C14H13BrCl2N2. The van der Waals surface area contributed by atoms with E-state index < -0.39 is 0 Å². The van der Waals surface area contributed by atoms with E-state index in [0.717, 1.165) is 21.2 Å². The molecule has 0 N–H and O–H groups in total. The van der Waals surface area contributed by atoms with E-state index in [-0.39, 0.29) is 5.92 Å². The molecule has 2 aromatic rings. The van der Waals surface area contributed by atoms with Crippen molar-refractivity contribution in [2.45, 2.75) is 26.7 Å². The monoisotopic (exact) mass is 358 g/mol. The molecule has 2 rings (SSSR count). The highest BCUT2D eigenvalue weighted by atomic mass is 79.9. The molecule has 0 atom stereocenters. The van der Waals surface area contributed by atoms with Crippen molar-refractivity contribution in [3.63, 3.8) is 0 Å². The summed E-state index contributed by atoms with van der Waals surface area (Å²) < 4.78 is 0.969. The molecule has 0 unspecified atom stereocenters. The van der Waals surface area contributed by atoms with Gasteiger partial charge >= 0.3 is 0 Å². The largest absolute Gasteiger partial charge is 0.216 e. The Morgan fingerprint density at radius 2 is 1.68 bits per heavy atom. The van der Waals surface area contributed by atoms with Crippen LogP contribution in [0.1, 0.15) is 30.9 Å². The van der Waals surface area contributed by atoms with Crippen molar-refractivity contribution in [2.75, 3.05) is 0 Å². The van der Waals surface area contributed by atoms with Crippen molar-refractivity contribution in [2.24, 2.45) is 0 Å². The Bertz CT molecular complexity index is 604.